The number of ether oxygens (including phenoxy) is 1. The lowest BCUT2D eigenvalue weighted by Gasteiger charge is -1.97. The van der Waals surface area contributed by atoms with E-state index in [9.17, 15) is 4.79 Å². The number of aromatic hydroxyl groups is 1. The van der Waals surface area contributed by atoms with Gasteiger partial charge in [-0.05, 0) is 0 Å². The molecule has 0 spiro atoms. The monoisotopic (exact) mass is 168 g/mol. The number of pyridine rings is 1. The summed E-state index contributed by atoms with van der Waals surface area (Å²) in [7, 11) is 3.01. The van der Waals surface area contributed by atoms with E-state index in [1.54, 1.807) is 17.8 Å². The van der Waals surface area contributed by atoms with Crippen LogP contribution in [0.3, 0.4) is 0 Å². The minimum Gasteiger partial charge on any atom is -0.503 e. The van der Waals surface area contributed by atoms with Gasteiger partial charge in [-0.1, -0.05) is 0 Å². The highest BCUT2D eigenvalue weighted by Crippen LogP contribution is 2.07. The van der Waals surface area contributed by atoms with Crippen LogP contribution >= 0.6 is 0 Å². The molecule has 4 nitrogen and oxygen atoms in total. The molecule has 1 aromatic rings. The van der Waals surface area contributed by atoms with Crippen molar-refractivity contribution in [1.82, 2.24) is 0 Å². The fourth-order valence-corrected chi connectivity index (χ4v) is 0.929. The van der Waals surface area contributed by atoms with Gasteiger partial charge in [-0.25, -0.2) is 9.36 Å². The molecule has 0 radical (unpaired) electrons. The Kier molecular flexibility index (Phi) is 2.28. The molecule has 1 N–H and O–H groups in total. The normalized spacial score (nSPS) is 9.50. The number of hydrogen-bond acceptors (Lipinski definition) is 3. The number of rotatable bonds is 1. The zero-order valence-electron chi connectivity index (χ0n) is 6.94. The number of aromatic nitrogens is 1. The van der Waals surface area contributed by atoms with Crippen molar-refractivity contribution < 1.29 is 19.2 Å². The number of carbonyl (C=O) groups is 1. The Morgan fingerprint density at radius 2 is 2.25 bits per heavy atom. The fraction of sp³-hybridized carbons (Fsp3) is 0.250. The average Bonchev–Trinajstić information content (AvgIpc) is 2.01. The maximum absolute atomic E-state index is 11.0. The van der Waals surface area contributed by atoms with Crippen molar-refractivity contribution in [3.05, 3.63) is 24.0 Å². The highest BCUT2D eigenvalue weighted by atomic mass is 16.5. The molecule has 1 aromatic heterocycles. The molecule has 0 fully saturated rings. The van der Waals surface area contributed by atoms with Gasteiger partial charge in [-0.3, -0.25) is 0 Å². The van der Waals surface area contributed by atoms with Gasteiger partial charge in [-0.2, -0.15) is 0 Å². The number of esters is 1. The summed E-state index contributed by atoms with van der Waals surface area (Å²) in [5.74, 6) is -0.415. The summed E-state index contributed by atoms with van der Waals surface area (Å²) in [5.41, 5.74) is 0.333. The molecule has 12 heavy (non-hydrogen) atoms. The molecule has 64 valence electrons. The summed E-state index contributed by atoms with van der Waals surface area (Å²) in [6.07, 6.45) is 3.07. The van der Waals surface area contributed by atoms with E-state index >= 15 is 0 Å². The van der Waals surface area contributed by atoms with Gasteiger partial charge in [-0.15, -0.1) is 0 Å². The summed E-state index contributed by atoms with van der Waals surface area (Å²) in [6.45, 7) is 0. The predicted molar refractivity (Wildman–Crippen MR) is 40.6 cm³/mol. The van der Waals surface area contributed by atoms with Crippen molar-refractivity contribution in [3.63, 3.8) is 0 Å². The molecule has 0 aliphatic heterocycles. The first-order chi connectivity index (χ1) is 5.63. The summed E-state index contributed by atoms with van der Waals surface area (Å²) < 4.78 is 6.07. The lowest BCUT2D eigenvalue weighted by molar-refractivity contribution is -0.672. The maximum Gasteiger partial charge on any atom is 0.344 e. The Bertz CT molecular complexity index is 289. The second-order valence-electron chi connectivity index (χ2n) is 2.44. The van der Waals surface area contributed by atoms with Gasteiger partial charge in [0.1, 0.15) is 12.6 Å². The molecular weight excluding hydrogens is 158 g/mol. The molecule has 0 atom stereocenters. The predicted octanol–water partition coefficient (Wildman–Crippen LogP) is 0.00330. The topological polar surface area (TPSA) is 50.4 Å². The number of aryl methyl sites for hydroxylation is 1. The first-order valence-electron chi connectivity index (χ1n) is 3.41. The van der Waals surface area contributed by atoms with Crippen LogP contribution in [0.15, 0.2) is 18.5 Å². The molecule has 0 bridgehead atoms. The second kappa shape index (κ2) is 3.21. The van der Waals surface area contributed by atoms with E-state index in [-0.39, 0.29) is 5.75 Å². The van der Waals surface area contributed by atoms with Crippen LogP contribution in [0.25, 0.3) is 0 Å². The van der Waals surface area contributed by atoms with Crippen molar-refractivity contribution >= 4 is 5.97 Å². The molecule has 0 unspecified atom stereocenters. The average molecular weight is 168 g/mol. The van der Waals surface area contributed by atoms with Crippen LogP contribution in [0.5, 0.6) is 5.75 Å². The third-order valence-corrected chi connectivity index (χ3v) is 1.40. The first-order valence-corrected chi connectivity index (χ1v) is 3.41. The van der Waals surface area contributed by atoms with Gasteiger partial charge in [0.15, 0.2) is 11.9 Å². The van der Waals surface area contributed by atoms with E-state index in [0.717, 1.165) is 0 Å². The van der Waals surface area contributed by atoms with Gasteiger partial charge in [0, 0.05) is 6.07 Å². The number of nitrogens with zero attached hydrogens (tertiary/aromatic N) is 1. The fourth-order valence-electron chi connectivity index (χ4n) is 0.929. The van der Waals surface area contributed by atoms with E-state index < -0.39 is 5.97 Å². The summed E-state index contributed by atoms with van der Waals surface area (Å²) in [6, 6.07) is 1.35. The highest BCUT2D eigenvalue weighted by molar-refractivity contribution is 5.88. The van der Waals surface area contributed by atoms with E-state index in [1.807, 2.05) is 0 Å². The van der Waals surface area contributed by atoms with Gasteiger partial charge in [0.25, 0.3) is 0 Å². The van der Waals surface area contributed by atoms with Crippen LogP contribution < -0.4 is 4.57 Å². The highest BCUT2D eigenvalue weighted by Gasteiger charge is 2.11. The lowest BCUT2D eigenvalue weighted by Crippen LogP contribution is -2.28. The van der Waals surface area contributed by atoms with E-state index in [4.69, 9.17) is 5.11 Å². The zero-order chi connectivity index (χ0) is 9.14. The zero-order valence-corrected chi connectivity index (χ0v) is 6.94. The second-order valence-corrected chi connectivity index (χ2v) is 2.44. The smallest absolute Gasteiger partial charge is 0.344 e. The molecule has 1 heterocycles. The lowest BCUT2D eigenvalue weighted by atomic mass is 10.3. The minimum atomic E-state index is -0.457. The van der Waals surface area contributed by atoms with Crippen molar-refractivity contribution in [1.29, 1.82) is 0 Å². The van der Waals surface area contributed by atoms with Crippen LogP contribution in [0, 0.1) is 0 Å². The Morgan fingerprint density at radius 1 is 1.58 bits per heavy atom. The van der Waals surface area contributed by atoms with Crippen LogP contribution in [0.2, 0.25) is 0 Å². The molecule has 1 rings (SSSR count). The van der Waals surface area contributed by atoms with Crippen molar-refractivity contribution in [2.24, 2.45) is 7.05 Å². The minimum absolute atomic E-state index is 0.0420. The molecular formula is C8H10NO3+. The number of methoxy groups -OCH3 is 1. The van der Waals surface area contributed by atoms with Gasteiger partial charge >= 0.3 is 5.97 Å². The molecule has 0 aliphatic rings. The number of hydrogen-bond donors (Lipinski definition) is 1. The molecule has 0 saturated heterocycles. The molecule has 0 aromatic carbocycles. The van der Waals surface area contributed by atoms with Crippen LogP contribution in [0.1, 0.15) is 10.4 Å². The number of carbonyl (C=O) groups excluding carboxylic acids is 1. The SMILES string of the molecule is COC(=O)c1cc(O)c[n+](C)c1. The van der Waals surface area contributed by atoms with Gasteiger partial charge in [0.2, 0.25) is 6.20 Å². The first kappa shape index (κ1) is 8.52. The molecule has 0 aliphatic carbocycles. The van der Waals surface area contributed by atoms with E-state index in [0.29, 0.717) is 5.56 Å². The van der Waals surface area contributed by atoms with Gasteiger partial charge < -0.3 is 9.84 Å². The third-order valence-electron chi connectivity index (χ3n) is 1.40. The van der Waals surface area contributed by atoms with Gasteiger partial charge in [0.05, 0.1) is 7.11 Å². The van der Waals surface area contributed by atoms with Crippen LogP contribution in [0.4, 0.5) is 0 Å². The van der Waals surface area contributed by atoms with Crippen LogP contribution in [-0.4, -0.2) is 18.2 Å². The Hall–Kier alpha value is -1.58. The Morgan fingerprint density at radius 3 is 2.75 bits per heavy atom. The largest absolute Gasteiger partial charge is 0.503 e. The quantitative estimate of drug-likeness (QED) is 0.474. The Balaban J connectivity index is 3.08. The maximum atomic E-state index is 11.0. The van der Waals surface area contributed by atoms with Crippen molar-refractivity contribution in [3.8, 4) is 5.75 Å². The summed E-state index contributed by atoms with van der Waals surface area (Å²) >= 11 is 0. The van der Waals surface area contributed by atoms with E-state index in [2.05, 4.69) is 4.74 Å². The van der Waals surface area contributed by atoms with Crippen LogP contribution in [-0.2, 0) is 11.8 Å². The molecule has 0 saturated carbocycles. The van der Waals surface area contributed by atoms with E-state index in [1.165, 1.54) is 19.4 Å². The standard InChI is InChI=1S/C8H9NO3/c1-9-4-6(8(11)12-2)3-7(10)5-9/h3-5H,1-2H3/p+1. The van der Waals surface area contributed by atoms with Crippen molar-refractivity contribution in [2.75, 3.05) is 7.11 Å². The molecule has 0 amide bonds. The summed E-state index contributed by atoms with van der Waals surface area (Å²) in [4.78, 5) is 11.0. The Labute approximate surface area is 70.0 Å². The molecule has 4 heteroatoms. The third kappa shape index (κ3) is 1.72. The summed E-state index contributed by atoms with van der Waals surface area (Å²) in [5, 5.41) is 9.11. The van der Waals surface area contributed by atoms with Crippen molar-refractivity contribution in [2.45, 2.75) is 0 Å².